The van der Waals surface area contributed by atoms with E-state index in [9.17, 15) is 0 Å². The van der Waals surface area contributed by atoms with Gasteiger partial charge in [0, 0.05) is 8.95 Å². The van der Waals surface area contributed by atoms with Crippen LogP contribution in [0, 0.1) is 6.92 Å². The molecule has 0 N–H and O–H groups in total. The van der Waals surface area contributed by atoms with Gasteiger partial charge in [0.25, 0.3) is 0 Å². The largest absolute Gasteiger partial charge is 0.0819 e. The summed E-state index contributed by atoms with van der Waals surface area (Å²) in [6, 6.07) is 12.5. The summed E-state index contributed by atoms with van der Waals surface area (Å²) in [5, 5.41) is 0.705. The highest BCUT2D eigenvalue weighted by Crippen LogP contribution is 2.35. The molecule has 0 bridgehead atoms. The average molecular weight is 360 g/mol. The number of benzene rings is 2. The lowest BCUT2D eigenvalue weighted by Crippen LogP contribution is -1.81. The topological polar surface area (TPSA) is 0 Å². The van der Waals surface area contributed by atoms with Gasteiger partial charge >= 0.3 is 0 Å². The molecule has 2 aromatic carbocycles. The van der Waals surface area contributed by atoms with Gasteiger partial charge in [-0.15, -0.1) is 0 Å². The van der Waals surface area contributed by atoms with E-state index in [0.717, 1.165) is 14.5 Å². The molecule has 0 atom stereocenters. The number of halogens is 3. The second-order valence-electron chi connectivity index (χ2n) is 3.62. The van der Waals surface area contributed by atoms with Crippen molar-refractivity contribution >= 4 is 43.5 Å². The van der Waals surface area contributed by atoms with Gasteiger partial charge in [-0.3, -0.25) is 0 Å². The molecule has 0 aliphatic rings. The first-order chi connectivity index (χ1) is 7.58. The van der Waals surface area contributed by atoms with E-state index in [4.69, 9.17) is 11.6 Å². The minimum atomic E-state index is 0.705. The lowest BCUT2D eigenvalue weighted by molar-refractivity contribution is 1.46. The monoisotopic (exact) mass is 358 g/mol. The van der Waals surface area contributed by atoms with Crippen LogP contribution in [0.4, 0.5) is 0 Å². The van der Waals surface area contributed by atoms with Crippen LogP contribution in [0.1, 0.15) is 5.56 Å². The number of hydrogen-bond acceptors (Lipinski definition) is 0. The Morgan fingerprint density at radius 2 is 1.38 bits per heavy atom. The zero-order valence-corrected chi connectivity index (χ0v) is 12.5. The number of rotatable bonds is 1. The normalized spacial score (nSPS) is 10.5. The van der Waals surface area contributed by atoms with E-state index >= 15 is 0 Å². The standard InChI is InChI=1S/C13H9Br2Cl/c1-8-2-4-9(5-3-8)10-6-11(14)13(16)12(15)7-10/h2-7H,1H3. The summed E-state index contributed by atoms with van der Waals surface area (Å²) in [4.78, 5) is 0. The fourth-order valence-electron chi connectivity index (χ4n) is 1.47. The van der Waals surface area contributed by atoms with Crippen molar-refractivity contribution < 1.29 is 0 Å². The van der Waals surface area contributed by atoms with Crippen molar-refractivity contribution in [2.75, 3.05) is 0 Å². The molecule has 0 fully saturated rings. The zero-order valence-electron chi connectivity index (χ0n) is 8.60. The third-order valence-electron chi connectivity index (χ3n) is 2.37. The summed E-state index contributed by atoms with van der Waals surface area (Å²) in [5.41, 5.74) is 3.59. The SMILES string of the molecule is Cc1ccc(-c2cc(Br)c(Cl)c(Br)c2)cc1. The van der Waals surface area contributed by atoms with Gasteiger partial charge in [0.1, 0.15) is 0 Å². The molecule has 0 aliphatic carbocycles. The van der Waals surface area contributed by atoms with Crippen LogP contribution in [0.5, 0.6) is 0 Å². The highest BCUT2D eigenvalue weighted by Gasteiger charge is 2.06. The van der Waals surface area contributed by atoms with Crippen LogP contribution in [0.2, 0.25) is 5.02 Å². The van der Waals surface area contributed by atoms with E-state index in [1.807, 2.05) is 12.1 Å². The number of aryl methyl sites for hydroxylation is 1. The zero-order chi connectivity index (χ0) is 11.7. The molecular formula is C13H9Br2Cl. The molecule has 3 heteroatoms. The van der Waals surface area contributed by atoms with Crippen LogP contribution in [-0.4, -0.2) is 0 Å². The van der Waals surface area contributed by atoms with E-state index < -0.39 is 0 Å². The summed E-state index contributed by atoms with van der Waals surface area (Å²) >= 11 is 13.0. The minimum absolute atomic E-state index is 0.705. The Hall–Kier alpha value is -0.310. The fraction of sp³-hybridized carbons (Fsp3) is 0.0769. The Morgan fingerprint density at radius 1 is 0.875 bits per heavy atom. The lowest BCUT2D eigenvalue weighted by atomic mass is 10.0. The van der Waals surface area contributed by atoms with Crippen molar-refractivity contribution in [2.24, 2.45) is 0 Å². The number of hydrogen-bond donors (Lipinski definition) is 0. The second-order valence-corrected chi connectivity index (χ2v) is 5.71. The van der Waals surface area contributed by atoms with Crippen molar-refractivity contribution in [1.29, 1.82) is 0 Å². The van der Waals surface area contributed by atoms with Crippen molar-refractivity contribution in [2.45, 2.75) is 6.92 Å². The van der Waals surface area contributed by atoms with Gasteiger partial charge in [0.15, 0.2) is 0 Å². The van der Waals surface area contributed by atoms with Gasteiger partial charge in [0.2, 0.25) is 0 Å². The Balaban J connectivity index is 2.52. The smallest absolute Gasteiger partial charge is 0.0690 e. The third-order valence-corrected chi connectivity index (χ3v) is 4.48. The predicted molar refractivity (Wildman–Crippen MR) is 77.0 cm³/mol. The van der Waals surface area contributed by atoms with Crippen LogP contribution in [-0.2, 0) is 0 Å². The molecule has 0 unspecified atom stereocenters. The van der Waals surface area contributed by atoms with Crippen LogP contribution < -0.4 is 0 Å². The van der Waals surface area contributed by atoms with Gasteiger partial charge in [-0.1, -0.05) is 41.4 Å². The summed E-state index contributed by atoms with van der Waals surface area (Å²) in [7, 11) is 0. The van der Waals surface area contributed by atoms with Crippen LogP contribution in [0.25, 0.3) is 11.1 Å². The Labute approximate surface area is 117 Å². The first-order valence-corrected chi connectivity index (χ1v) is 6.76. The van der Waals surface area contributed by atoms with Crippen LogP contribution in [0.3, 0.4) is 0 Å². The minimum Gasteiger partial charge on any atom is -0.0819 e. The summed E-state index contributed by atoms with van der Waals surface area (Å²) in [6.45, 7) is 2.08. The maximum atomic E-state index is 6.07. The highest BCUT2D eigenvalue weighted by molar-refractivity contribution is 9.11. The Kier molecular flexibility index (Phi) is 3.73. The van der Waals surface area contributed by atoms with E-state index in [1.54, 1.807) is 0 Å². The first-order valence-electron chi connectivity index (χ1n) is 4.79. The van der Waals surface area contributed by atoms with E-state index in [2.05, 4.69) is 63.0 Å². The van der Waals surface area contributed by atoms with Gasteiger partial charge in [0.05, 0.1) is 5.02 Å². The molecule has 2 rings (SSSR count). The second kappa shape index (κ2) is 4.91. The van der Waals surface area contributed by atoms with E-state index in [-0.39, 0.29) is 0 Å². The van der Waals surface area contributed by atoms with Crippen molar-refractivity contribution in [3.05, 3.63) is 55.9 Å². The van der Waals surface area contributed by atoms with Crippen molar-refractivity contribution in [3.63, 3.8) is 0 Å². The fourth-order valence-corrected chi connectivity index (χ4v) is 2.76. The van der Waals surface area contributed by atoms with Crippen molar-refractivity contribution in [3.8, 4) is 11.1 Å². The van der Waals surface area contributed by atoms with Crippen LogP contribution in [0.15, 0.2) is 45.3 Å². The first kappa shape index (κ1) is 12.2. The van der Waals surface area contributed by atoms with Gasteiger partial charge in [-0.25, -0.2) is 0 Å². The molecule has 0 heterocycles. The molecule has 82 valence electrons. The molecule has 2 aromatic rings. The molecule has 16 heavy (non-hydrogen) atoms. The predicted octanol–water partition coefficient (Wildman–Crippen LogP) is 5.84. The maximum Gasteiger partial charge on any atom is 0.0690 e. The molecule has 0 radical (unpaired) electrons. The van der Waals surface area contributed by atoms with Crippen molar-refractivity contribution in [1.82, 2.24) is 0 Å². The molecule has 0 aromatic heterocycles. The summed E-state index contributed by atoms with van der Waals surface area (Å²) < 4.78 is 1.80. The van der Waals surface area contributed by atoms with Crippen LogP contribution >= 0.6 is 43.5 Å². The van der Waals surface area contributed by atoms with E-state index in [0.29, 0.717) is 5.02 Å². The van der Waals surface area contributed by atoms with E-state index in [1.165, 1.54) is 11.1 Å². The van der Waals surface area contributed by atoms with Gasteiger partial charge in [-0.05, 0) is 62.0 Å². The molecule has 0 aliphatic heterocycles. The van der Waals surface area contributed by atoms with Gasteiger partial charge in [-0.2, -0.15) is 0 Å². The molecular weight excluding hydrogens is 351 g/mol. The lowest BCUT2D eigenvalue weighted by Gasteiger charge is -2.06. The molecule has 0 saturated carbocycles. The summed E-state index contributed by atoms with van der Waals surface area (Å²) in [6.07, 6.45) is 0. The maximum absolute atomic E-state index is 6.07. The Morgan fingerprint density at radius 3 is 1.88 bits per heavy atom. The molecule has 0 nitrogen and oxygen atoms in total. The highest BCUT2D eigenvalue weighted by atomic mass is 79.9. The quantitative estimate of drug-likeness (QED) is 0.560. The Bertz CT molecular complexity index is 495. The third kappa shape index (κ3) is 2.50. The van der Waals surface area contributed by atoms with Gasteiger partial charge < -0.3 is 0 Å². The molecule has 0 amide bonds. The molecule has 0 saturated heterocycles. The molecule has 0 spiro atoms. The average Bonchev–Trinajstić information content (AvgIpc) is 2.26. The summed E-state index contributed by atoms with van der Waals surface area (Å²) in [5.74, 6) is 0.